The van der Waals surface area contributed by atoms with E-state index in [0.717, 1.165) is 18.2 Å². The Labute approximate surface area is 112 Å². The molecule has 0 unspecified atom stereocenters. The molecule has 2 aromatic rings. The fraction of sp³-hybridized carbons (Fsp3) is 0.500. The SMILES string of the molecule is C[Si](C)(C)CCOCn1cnc2[nH]c(C(=O)O)cc21. The Morgan fingerprint density at radius 1 is 1.53 bits per heavy atom. The first-order valence-electron chi connectivity index (χ1n) is 6.22. The summed E-state index contributed by atoms with van der Waals surface area (Å²) in [6.45, 7) is 8.04. The number of fused-ring (bicyclic) bond motifs is 1. The molecule has 0 atom stereocenters. The average molecular weight is 281 g/mol. The fourth-order valence-electron chi connectivity index (χ4n) is 1.70. The first-order valence-corrected chi connectivity index (χ1v) is 9.92. The Morgan fingerprint density at radius 2 is 2.26 bits per heavy atom. The van der Waals surface area contributed by atoms with Crippen molar-refractivity contribution in [1.29, 1.82) is 0 Å². The zero-order valence-corrected chi connectivity index (χ0v) is 12.4. The van der Waals surface area contributed by atoms with Crippen LogP contribution in [0.1, 0.15) is 10.5 Å². The van der Waals surface area contributed by atoms with Crippen molar-refractivity contribution in [3.8, 4) is 0 Å². The predicted molar refractivity (Wildman–Crippen MR) is 75.1 cm³/mol. The maximum atomic E-state index is 10.9. The molecule has 0 spiro atoms. The van der Waals surface area contributed by atoms with Gasteiger partial charge < -0.3 is 19.4 Å². The molecule has 7 heteroatoms. The van der Waals surface area contributed by atoms with Crippen LogP contribution >= 0.6 is 0 Å². The van der Waals surface area contributed by atoms with Crippen LogP contribution < -0.4 is 0 Å². The van der Waals surface area contributed by atoms with Crippen molar-refractivity contribution in [3.63, 3.8) is 0 Å². The summed E-state index contributed by atoms with van der Waals surface area (Å²) in [6, 6.07) is 2.69. The van der Waals surface area contributed by atoms with Crippen molar-refractivity contribution in [2.24, 2.45) is 0 Å². The molecule has 2 heterocycles. The second-order valence-electron chi connectivity index (χ2n) is 5.78. The summed E-state index contributed by atoms with van der Waals surface area (Å²) in [5, 5.41) is 8.90. The highest BCUT2D eigenvalue weighted by Gasteiger charge is 2.13. The largest absolute Gasteiger partial charge is 0.477 e. The molecule has 2 aromatic heterocycles. The lowest BCUT2D eigenvalue weighted by molar-refractivity contribution is 0.0691. The fourth-order valence-corrected chi connectivity index (χ4v) is 2.46. The molecular weight excluding hydrogens is 262 g/mol. The van der Waals surface area contributed by atoms with Gasteiger partial charge in [-0.05, 0) is 12.1 Å². The van der Waals surface area contributed by atoms with E-state index in [1.54, 1.807) is 12.4 Å². The third-order valence-corrected chi connectivity index (χ3v) is 4.57. The van der Waals surface area contributed by atoms with Crippen molar-refractivity contribution in [3.05, 3.63) is 18.1 Å². The highest BCUT2D eigenvalue weighted by atomic mass is 28.3. The van der Waals surface area contributed by atoms with Gasteiger partial charge >= 0.3 is 5.97 Å². The summed E-state index contributed by atoms with van der Waals surface area (Å²) in [6.07, 6.45) is 1.65. The number of ether oxygens (including phenoxy) is 1. The number of rotatable bonds is 6. The number of carboxylic acid groups (broad SMARTS) is 1. The van der Waals surface area contributed by atoms with E-state index in [9.17, 15) is 4.79 Å². The molecule has 0 saturated heterocycles. The molecule has 0 aliphatic rings. The van der Waals surface area contributed by atoms with Crippen LogP contribution in [0.4, 0.5) is 0 Å². The lowest BCUT2D eigenvalue weighted by atomic mass is 10.4. The Morgan fingerprint density at radius 3 is 2.89 bits per heavy atom. The minimum atomic E-state index is -1.08. The van der Waals surface area contributed by atoms with E-state index in [1.165, 1.54) is 0 Å². The molecule has 0 bridgehead atoms. The molecular formula is C12H19N3O3Si. The topological polar surface area (TPSA) is 80.1 Å². The lowest BCUT2D eigenvalue weighted by Crippen LogP contribution is -2.21. The Hall–Kier alpha value is -1.60. The Bertz CT molecular complexity index is 583. The molecule has 0 radical (unpaired) electrons. The van der Waals surface area contributed by atoms with E-state index in [4.69, 9.17) is 9.84 Å². The number of carbonyl (C=O) groups is 1. The van der Waals surface area contributed by atoms with Gasteiger partial charge in [0.05, 0.1) is 11.8 Å². The highest BCUT2D eigenvalue weighted by molar-refractivity contribution is 6.76. The van der Waals surface area contributed by atoms with E-state index >= 15 is 0 Å². The van der Waals surface area contributed by atoms with Crippen LogP contribution in [-0.2, 0) is 11.5 Å². The first-order chi connectivity index (χ1) is 8.87. The van der Waals surface area contributed by atoms with E-state index in [1.807, 2.05) is 4.57 Å². The molecule has 0 aromatic carbocycles. The first kappa shape index (κ1) is 13.8. The van der Waals surface area contributed by atoms with Crippen molar-refractivity contribution < 1.29 is 14.6 Å². The van der Waals surface area contributed by atoms with E-state index in [0.29, 0.717) is 12.4 Å². The van der Waals surface area contributed by atoms with E-state index < -0.39 is 14.0 Å². The van der Waals surface area contributed by atoms with Gasteiger partial charge in [0, 0.05) is 14.7 Å². The number of nitrogens with zero attached hydrogens (tertiary/aromatic N) is 2. The number of aromatic nitrogens is 3. The monoisotopic (exact) mass is 281 g/mol. The summed E-state index contributed by atoms with van der Waals surface area (Å²) in [5.74, 6) is -0.982. The predicted octanol–water partition coefficient (Wildman–Crippen LogP) is 2.37. The van der Waals surface area contributed by atoms with Crippen molar-refractivity contribution in [2.45, 2.75) is 32.4 Å². The zero-order chi connectivity index (χ0) is 14.0. The number of hydrogen-bond acceptors (Lipinski definition) is 3. The number of aromatic carboxylic acids is 1. The third kappa shape index (κ3) is 3.45. The van der Waals surface area contributed by atoms with Gasteiger partial charge in [-0.2, -0.15) is 0 Å². The molecule has 0 aliphatic carbocycles. The minimum Gasteiger partial charge on any atom is -0.477 e. The molecule has 104 valence electrons. The number of carboxylic acids is 1. The zero-order valence-electron chi connectivity index (χ0n) is 11.4. The normalized spacial score (nSPS) is 12.2. The summed E-state index contributed by atoms with van der Waals surface area (Å²) in [7, 11) is -1.08. The molecule has 0 amide bonds. The molecule has 2 rings (SSSR count). The van der Waals surface area contributed by atoms with Gasteiger partial charge in [-0.1, -0.05) is 19.6 Å². The van der Waals surface area contributed by atoms with Crippen molar-refractivity contribution in [1.82, 2.24) is 14.5 Å². The maximum Gasteiger partial charge on any atom is 0.352 e. The summed E-state index contributed by atoms with van der Waals surface area (Å²) in [5.41, 5.74) is 1.48. The van der Waals surface area contributed by atoms with Gasteiger partial charge in [0.2, 0.25) is 0 Å². The van der Waals surface area contributed by atoms with Crippen molar-refractivity contribution in [2.75, 3.05) is 6.61 Å². The van der Waals surface area contributed by atoms with Gasteiger partial charge in [-0.25, -0.2) is 9.78 Å². The van der Waals surface area contributed by atoms with Crippen LogP contribution in [0.3, 0.4) is 0 Å². The summed E-state index contributed by atoms with van der Waals surface area (Å²) < 4.78 is 7.44. The number of imidazole rings is 1. The highest BCUT2D eigenvalue weighted by Crippen LogP contribution is 2.15. The van der Waals surface area contributed by atoms with Gasteiger partial charge in [-0.3, -0.25) is 0 Å². The summed E-state index contributed by atoms with van der Waals surface area (Å²) >= 11 is 0. The van der Waals surface area contributed by atoms with Crippen LogP contribution in [0.2, 0.25) is 25.7 Å². The van der Waals surface area contributed by atoms with E-state index in [-0.39, 0.29) is 5.69 Å². The van der Waals surface area contributed by atoms with Gasteiger partial charge in [0.15, 0.2) is 5.65 Å². The second kappa shape index (κ2) is 5.18. The van der Waals surface area contributed by atoms with Gasteiger partial charge in [-0.15, -0.1) is 0 Å². The molecule has 0 fully saturated rings. The quantitative estimate of drug-likeness (QED) is 0.629. The van der Waals surface area contributed by atoms with Crippen LogP contribution in [0, 0.1) is 0 Å². The van der Waals surface area contributed by atoms with Gasteiger partial charge in [0.25, 0.3) is 0 Å². The average Bonchev–Trinajstić information content (AvgIpc) is 2.83. The Kier molecular flexibility index (Phi) is 3.77. The third-order valence-electron chi connectivity index (χ3n) is 2.87. The number of hydrogen-bond donors (Lipinski definition) is 2. The maximum absolute atomic E-state index is 10.9. The molecule has 6 nitrogen and oxygen atoms in total. The van der Waals surface area contributed by atoms with E-state index in [2.05, 4.69) is 29.6 Å². The minimum absolute atomic E-state index is 0.147. The number of nitrogens with one attached hydrogen (secondary N) is 1. The van der Waals surface area contributed by atoms with Crippen LogP contribution in [0.15, 0.2) is 12.4 Å². The van der Waals surface area contributed by atoms with Crippen LogP contribution in [0.25, 0.3) is 11.2 Å². The Balaban J connectivity index is 1.99. The van der Waals surface area contributed by atoms with Gasteiger partial charge in [0.1, 0.15) is 12.4 Å². The second-order valence-corrected chi connectivity index (χ2v) is 11.4. The molecule has 19 heavy (non-hydrogen) atoms. The molecule has 0 aliphatic heterocycles. The smallest absolute Gasteiger partial charge is 0.352 e. The van der Waals surface area contributed by atoms with Crippen LogP contribution in [-0.4, -0.2) is 40.3 Å². The lowest BCUT2D eigenvalue weighted by Gasteiger charge is -2.15. The van der Waals surface area contributed by atoms with Crippen molar-refractivity contribution >= 4 is 25.2 Å². The number of aromatic amines is 1. The number of H-pyrrole nitrogens is 1. The van der Waals surface area contributed by atoms with Crippen LogP contribution in [0.5, 0.6) is 0 Å². The summed E-state index contributed by atoms with van der Waals surface area (Å²) in [4.78, 5) is 17.7. The molecule has 0 saturated carbocycles. The standard InChI is InChI=1S/C12H19N3O3Si/c1-19(2,3)5-4-18-8-15-7-13-11-10(15)6-9(14-11)12(16)17/h6-7,14H,4-5,8H2,1-3H3,(H,16,17). The molecule has 2 N–H and O–H groups in total.